The van der Waals surface area contributed by atoms with E-state index in [1.165, 1.54) is 11.0 Å². The first kappa shape index (κ1) is 16.4. The second-order valence-corrected chi connectivity index (χ2v) is 5.11. The van der Waals surface area contributed by atoms with E-state index in [4.69, 9.17) is 0 Å². The summed E-state index contributed by atoms with van der Waals surface area (Å²) in [5.74, 6) is -2.35. The zero-order chi connectivity index (χ0) is 17.0. The molecule has 0 spiro atoms. The van der Waals surface area contributed by atoms with Crippen molar-refractivity contribution in [3.8, 4) is 0 Å². The second kappa shape index (κ2) is 6.87. The topological polar surface area (TPSA) is 78.0 Å². The molecule has 0 bridgehead atoms. The summed E-state index contributed by atoms with van der Waals surface area (Å²) in [6.07, 6.45) is 1.34. The van der Waals surface area contributed by atoms with Gasteiger partial charge in [-0.05, 0) is 5.56 Å². The Kier molecular flexibility index (Phi) is 4.90. The third-order valence-electron chi connectivity index (χ3n) is 3.43. The highest BCUT2D eigenvalue weighted by atomic mass is 16.2. The Morgan fingerprint density at radius 3 is 2.35 bits per heavy atom. The van der Waals surface area contributed by atoms with E-state index < -0.39 is 30.3 Å². The summed E-state index contributed by atoms with van der Waals surface area (Å²) in [6.45, 7) is 3.26. The standard InChI is InChI=1S/C16H17N3O4/c1-3-9-18-14(21)15(22)19(16(18)23)11-13(20)17(2)10-12-7-5-4-6-8-12/h3-8H,1,9-11H2,2H3. The van der Waals surface area contributed by atoms with Gasteiger partial charge in [0.15, 0.2) is 0 Å². The minimum atomic E-state index is -0.988. The molecule has 2 rings (SSSR count). The lowest BCUT2D eigenvalue weighted by molar-refractivity contribution is -0.144. The normalized spacial score (nSPS) is 14.4. The number of likely N-dealkylation sites (N-methyl/N-ethyl adjacent to an activating group) is 1. The summed E-state index contributed by atoms with van der Waals surface area (Å²) in [6, 6.07) is 8.52. The third kappa shape index (κ3) is 3.45. The maximum absolute atomic E-state index is 12.2. The van der Waals surface area contributed by atoms with Crippen LogP contribution in [0, 0.1) is 0 Å². The van der Waals surface area contributed by atoms with Gasteiger partial charge in [-0.15, -0.1) is 6.58 Å². The number of imide groups is 2. The van der Waals surface area contributed by atoms with Gasteiger partial charge in [-0.2, -0.15) is 0 Å². The fourth-order valence-electron chi connectivity index (χ4n) is 2.18. The van der Waals surface area contributed by atoms with Crippen molar-refractivity contribution < 1.29 is 19.2 Å². The molecule has 23 heavy (non-hydrogen) atoms. The van der Waals surface area contributed by atoms with Gasteiger partial charge in [0.05, 0.1) is 0 Å². The maximum atomic E-state index is 12.2. The lowest BCUT2D eigenvalue weighted by atomic mass is 10.2. The van der Waals surface area contributed by atoms with E-state index in [0.717, 1.165) is 10.5 Å². The van der Waals surface area contributed by atoms with Crippen LogP contribution in [0.15, 0.2) is 43.0 Å². The predicted molar refractivity (Wildman–Crippen MR) is 81.9 cm³/mol. The van der Waals surface area contributed by atoms with Crippen LogP contribution in [0.5, 0.6) is 0 Å². The number of urea groups is 1. The third-order valence-corrected chi connectivity index (χ3v) is 3.43. The first-order valence-electron chi connectivity index (χ1n) is 7.01. The molecule has 1 aliphatic rings. The van der Waals surface area contributed by atoms with Gasteiger partial charge in [-0.1, -0.05) is 36.4 Å². The van der Waals surface area contributed by atoms with Crippen LogP contribution >= 0.6 is 0 Å². The van der Waals surface area contributed by atoms with E-state index >= 15 is 0 Å². The van der Waals surface area contributed by atoms with Crippen LogP contribution in [0.2, 0.25) is 0 Å². The van der Waals surface area contributed by atoms with Gasteiger partial charge in [-0.3, -0.25) is 19.3 Å². The molecule has 1 saturated heterocycles. The van der Waals surface area contributed by atoms with Gasteiger partial charge in [0.25, 0.3) is 0 Å². The van der Waals surface area contributed by atoms with Crippen molar-refractivity contribution in [1.82, 2.24) is 14.7 Å². The molecule has 0 unspecified atom stereocenters. The van der Waals surface area contributed by atoms with Crippen molar-refractivity contribution in [2.45, 2.75) is 6.54 Å². The van der Waals surface area contributed by atoms with Crippen LogP contribution in [0.1, 0.15) is 5.56 Å². The number of nitrogens with zero attached hydrogens (tertiary/aromatic N) is 3. The van der Waals surface area contributed by atoms with Crippen LogP contribution < -0.4 is 0 Å². The van der Waals surface area contributed by atoms with Crippen molar-refractivity contribution in [3.05, 3.63) is 48.6 Å². The first-order valence-corrected chi connectivity index (χ1v) is 7.01. The smallest absolute Gasteiger partial charge is 0.335 e. The molecule has 0 atom stereocenters. The van der Waals surface area contributed by atoms with Gasteiger partial charge in [0.1, 0.15) is 6.54 Å². The largest absolute Gasteiger partial charge is 0.340 e. The number of hydrogen-bond acceptors (Lipinski definition) is 4. The molecule has 0 aromatic heterocycles. The van der Waals surface area contributed by atoms with Gasteiger partial charge < -0.3 is 4.90 Å². The Morgan fingerprint density at radius 2 is 1.74 bits per heavy atom. The Balaban J connectivity index is 2.02. The van der Waals surface area contributed by atoms with Crippen LogP contribution in [0.4, 0.5) is 4.79 Å². The van der Waals surface area contributed by atoms with E-state index in [-0.39, 0.29) is 6.54 Å². The molecule has 7 heteroatoms. The average Bonchev–Trinajstić information content (AvgIpc) is 2.74. The number of hydrogen-bond donors (Lipinski definition) is 0. The zero-order valence-electron chi connectivity index (χ0n) is 12.8. The molecule has 1 fully saturated rings. The summed E-state index contributed by atoms with van der Waals surface area (Å²) in [5.41, 5.74) is 0.923. The molecule has 1 heterocycles. The molecular weight excluding hydrogens is 298 g/mol. The molecule has 0 saturated carbocycles. The van der Waals surface area contributed by atoms with Crippen molar-refractivity contribution in [3.63, 3.8) is 0 Å². The van der Waals surface area contributed by atoms with Gasteiger partial charge in [0.2, 0.25) is 5.91 Å². The zero-order valence-corrected chi connectivity index (χ0v) is 12.8. The molecule has 0 N–H and O–H groups in total. The minimum Gasteiger partial charge on any atom is -0.340 e. The fraction of sp³-hybridized carbons (Fsp3) is 0.250. The van der Waals surface area contributed by atoms with E-state index in [2.05, 4.69) is 6.58 Å². The van der Waals surface area contributed by atoms with Crippen molar-refractivity contribution in [2.24, 2.45) is 0 Å². The monoisotopic (exact) mass is 315 g/mol. The second-order valence-electron chi connectivity index (χ2n) is 5.11. The Labute approximate surface area is 133 Å². The number of carbonyl (C=O) groups is 4. The Hall–Kier alpha value is -2.96. The van der Waals surface area contributed by atoms with E-state index in [9.17, 15) is 19.2 Å². The summed E-state index contributed by atoms with van der Waals surface area (Å²) in [7, 11) is 1.57. The molecule has 0 radical (unpaired) electrons. The van der Waals surface area contributed by atoms with Gasteiger partial charge in [0, 0.05) is 20.1 Å². The summed E-state index contributed by atoms with van der Waals surface area (Å²) < 4.78 is 0. The van der Waals surface area contributed by atoms with Crippen LogP contribution in [0.25, 0.3) is 0 Å². The van der Waals surface area contributed by atoms with Gasteiger partial charge >= 0.3 is 17.8 Å². The number of rotatable bonds is 6. The SMILES string of the molecule is C=CCN1C(=O)C(=O)N(CC(=O)N(C)Cc2ccccc2)C1=O. The molecule has 5 amide bonds. The highest BCUT2D eigenvalue weighted by Crippen LogP contribution is 2.12. The Bertz CT molecular complexity index is 657. The summed E-state index contributed by atoms with van der Waals surface area (Å²) in [5, 5.41) is 0. The fourth-order valence-corrected chi connectivity index (χ4v) is 2.18. The van der Waals surface area contributed by atoms with E-state index in [0.29, 0.717) is 11.4 Å². The minimum absolute atomic E-state index is 0.0616. The molecule has 1 aromatic carbocycles. The summed E-state index contributed by atoms with van der Waals surface area (Å²) >= 11 is 0. The predicted octanol–water partition coefficient (Wildman–Crippen LogP) is 0.622. The van der Waals surface area contributed by atoms with Crippen molar-refractivity contribution in [2.75, 3.05) is 20.1 Å². The lowest BCUT2D eigenvalue weighted by Crippen LogP contribution is -2.42. The van der Waals surface area contributed by atoms with Gasteiger partial charge in [-0.25, -0.2) is 9.69 Å². The molecule has 1 aliphatic heterocycles. The number of benzene rings is 1. The molecule has 0 aliphatic carbocycles. The van der Waals surface area contributed by atoms with Crippen LogP contribution in [0.3, 0.4) is 0 Å². The van der Waals surface area contributed by atoms with Crippen molar-refractivity contribution >= 4 is 23.8 Å². The first-order chi connectivity index (χ1) is 11.0. The van der Waals surface area contributed by atoms with Crippen molar-refractivity contribution in [1.29, 1.82) is 0 Å². The molecule has 7 nitrogen and oxygen atoms in total. The quantitative estimate of drug-likeness (QED) is 0.438. The number of amides is 5. The lowest BCUT2D eigenvalue weighted by Gasteiger charge is -2.20. The van der Waals surface area contributed by atoms with E-state index in [1.54, 1.807) is 7.05 Å². The summed E-state index contributed by atoms with van der Waals surface area (Å²) in [4.78, 5) is 50.6. The van der Waals surface area contributed by atoms with E-state index in [1.807, 2.05) is 30.3 Å². The maximum Gasteiger partial charge on any atom is 0.335 e. The average molecular weight is 315 g/mol. The molecule has 1 aromatic rings. The highest BCUT2D eigenvalue weighted by Gasteiger charge is 2.44. The molecule has 120 valence electrons. The van der Waals surface area contributed by atoms with Crippen LogP contribution in [-0.4, -0.2) is 58.6 Å². The van der Waals surface area contributed by atoms with Crippen LogP contribution in [-0.2, 0) is 20.9 Å². The highest BCUT2D eigenvalue weighted by molar-refractivity contribution is 6.45. The Morgan fingerprint density at radius 1 is 1.13 bits per heavy atom. The molecular formula is C16H17N3O4. The number of carbonyl (C=O) groups excluding carboxylic acids is 4.